The van der Waals surface area contributed by atoms with Gasteiger partial charge in [0.05, 0.1) is 30.2 Å². The van der Waals surface area contributed by atoms with Crippen LogP contribution in [-0.2, 0) is 14.2 Å². The van der Waals surface area contributed by atoms with Gasteiger partial charge in [-0.2, -0.15) is 0 Å². The molecule has 0 saturated carbocycles. The number of hydrogen-bond acceptors (Lipinski definition) is 6. The molecule has 34 heavy (non-hydrogen) atoms. The lowest BCUT2D eigenvalue weighted by molar-refractivity contribution is -0.140. The van der Waals surface area contributed by atoms with Crippen molar-refractivity contribution in [2.45, 2.75) is 32.1 Å². The number of carbonyl (C=O) groups excluding carboxylic acids is 2. The summed E-state index contributed by atoms with van der Waals surface area (Å²) in [6.45, 7) is 4.90. The Hall–Kier alpha value is -3.48. The lowest BCUT2D eigenvalue weighted by Gasteiger charge is -2.35. The van der Waals surface area contributed by atoms with Gasteiger partial charge in [-0.3, -0.25) is 4.79 Å². The Morgan fingerprint density at radius 1 is 0.912 bits per heavy atom. The molecule has 1 heterocycles. The molecule has 0 aliphatic carbocycles. The average molecular weight is 460 g/mol. The number of ether oxygens (including phenoxy) is 3. The van der Waals surface area contributed by atoms with Crippen molar-refractivity contribution >= 4 is 17.4 Å². The second-order valence-electron chi connectivity index (χ2n) is 8.01. The van der Waals surface area contributed by atoms with Gasteiger partial charge in [-0.1, -0.05) is 54.6 Å². The summed E-state index contributed by atoms with van der Waals surface area (Å²) in [6, 6.07) is 22.4. The standard InChI is InChI=1S/C28H29NO5/c1-4-33-28(34-5-2)20-14-9-13-19(17-20)25-23(18-11-7-6-8-12-18)26(30)24-21(27(31)32-3)15-10-16-22(24)29-25/h6-17,23,25,28-29H,4-5H2,1-3H3. The topological polar surface area (TPSA) is 73.9 Å². The van der Waals surface area contributed by atoms with Gasteiger partial charge in [0.2, 0.25) is 0 Å². The molecule has 3 aromatic carbocycles. The van der Waals surface area contributed by atoms with Crippen LogP contribution in [0, 0.1) is 0 Å². The summed E-state index contributed by atoms with van der Waals surface area (Å²) >= 11 is 0. The number of hydrogen-bond donors (Lipinski definition) is 1. The van der Waals surface area contributed by atoms with E-state index in [2.05, 4.69) is 5.32 Å². The van der Waals surface area contributed by atoms with Crippen LogP contribution in [0.25, 0.3) is 0 Å². The smallest absolute Gasteiger partial charge is 0.338 e. The number of carbonyl (C=O) groups is 2. The molecular weight excluding hydrogens is 430 g/mol. The summed E-state index contributed by atoms with van der Waals surface area (Å²) in [4.78, 5) is 26.4. The molecule has 2 unspecified atom stereocenters. The highest BCUT2D eigenvalue weighted by Crippen LogP contribution is 2.44. The van der Waals surface area contributed by atoms with E-state index in [-0.39, 0.29) is 17.4 Å². The molecule has 176 valence electrons. The second-order valence-corrected chi connectivity index (χ2v) is 8.01. The van der Waals surface area contributed by atoms with E-state index in [1.165, 1.54) is 7.11 Å². The van der Waals surface area contributed by atoms with Crippen LogP contribution < -0.4 is 5.32 Å². The van der Waals surface area contributed by atoms with Crippen LogP contribution in [0.2, 0.25) is 0 Å². The summed E-state index contributed by atoms with van der Waals surface area (Å²) in [6.07, 6.45) is -0.484. The van der Waals surface area contributed by atoms with Crippen LogP contribution in [0.5, 0.6) is 0 Å². The summed E-state index contributed by atoms with van der Waals surface area (Å²) in [5, 5.41) is 3.53. The van der Waals surface area contributed by atoms with Crippen LogP contribution in [-0.4, -0.2) is 32.1 Å². The molecule has 0 spiro atoms. The van der Waals surface area contributed by atoms with E-state index in [9.17, 15) is 9.59 Å². The first-order chi connectivity index (χ1) is 16.6. The molecule has 0 bridgehead atoms. The van der Waals surface area contributed by atoms with Crippen molar-refractivity contribution in [3.63, 3.8) is 0 Å². The minimum absolute atomic E-state index is 0.123. The van der Waals surface area contributed by atoms with Crippen molar-refractivity contribution in [3.8, 4) is 0 Å². The third-order valence-electron chi connectivity index (χ3n) is 5.98. The summed E-state index contributed by atoms with van der Waals surface area (Å²) < 4.78 is 16.5. The molecule has 0 aromatic heterocycles. The molecule has 6 heteroatoms. The highest BCUT2D eigenvalue weighted by Gasteiger charge is 2.39. The van der Waals surface area contributed by atoms with Gasteiger partial charge in [0.25, 0.3) is 0 Å². The Kier molecular flexibility index (Phi) is 7.40. The SMILES string of the molecule is CCOC(OCC)c1cccc(C2Nc3cccc(C(=O)OC)c3C(=O)C2c2ccccc2)c1. The normalized spacial score (nSPS) is 17.2. The number of anilines is 1. The highest BCUT2D eigenvalue weighted by atomic mass is 16.7. The fourth-order valence-corrected chi connectivity index (χ4v) is 4.50. The molecule has 1 aliphatic rings. The van der Waals surface area contributed by atoms with Gasteiger partial charge in [-0.25, -0.2) is 4.79 Å². The maximum absolute atomic E-state index is 14.0. The number of methoxy groups -OCH3 is 1. The van der Waals surface area contributed by atoms with E-state index in [0.29, 0.717) is 24.5 Å². The zero-order valence-corrected chi connectivity index (χ0v) is 19.6. The van der Waals surface area contributed by atoms with E-state index in [0.717, 1.165) is 16.7 Å². The van der Waals surface area contributed by atoms with Gasteiger partial charge in [-0.15, -0.1) is 0 Å². The van der Waals surface area contributed by atoms with E-state index in [1.807, 2.05) is 74.5 Å². The van der Waals surface area contributed by atoms with Gasteiger partial charge in [0.1, 0.15) is 0 Å². The Balaban J connectivity index is 1.83. The Bertz CT molecular complexity index is 1150. The van der Waals surface area contributed by atoms with Gasteiger partial charge in [-0.05, 0) is 43.2 Å². The minimum atomic E-state index is -0.535. The van der Waals surface area contributed by atoms with E-state index >= 15 is 0 Å². The molecule has 0 amide bonds. The fourth-order valence-electron chi connectivity index (χ4n) is 4.50. The van der Waals surface area contributed by atoms with Crippen molar-refractivity contribution < 1.29 is 23.8 Å². The average Bonchev–Trinajstić information content (AvgIpc) is 2.88. The van der Waals surface area contributed by atoms with E-state index < -0.39 is 18.2 Å². The van der Waals surface area contributed by atoms with Gasteiger partial charge in [0, 0.05) is 24.5 Å². The maximum Gasteiger partial charge on any atom is 0.338 e. The molecule has 0 saturated heterocycles. The van der Waals surface area contributed by atoms with Gasteiger partial charge < -0.3 is 19.5 Å². The number of esters is 1. The Morgan fingerprint density at radius 2 is 1.59 bits per heavy atom. The number of nitrogens with one attached hydrogen (secondary N) is 1. The molecular formula is C28H29NO5. The van der Waals surface area contributed by atoms with Crippen molar-refractivity contribution in [1.29, 1.82) is 0 Å². The highest BCUT2D eigenvalue weighted by molar-refractivity contribution is 6.14. The number of benzene rings is 3. The molecule has 2 atom stereocenters. The van der Waals surface area contributed by atoms with Crippen molar-refractivity contribution in [2.24, 2.45) is 0 Å². The first kappa shape index (κ1) is 23.7. The largest absolute Gasteiger partial charge is 0.465 e. The zero-order valence-electron chi connectivity index (χ0n) is 19.6. The van der Waals surface area contributed by atoms with E-state index in [4.69, 9.17) is 14.2 Å². The first-order valence-electron chi connectivity index (χ1n) is 11.5. The third-order valence-corrected chi connectivity index (χ3v) is 5.98. The molecule has 6 nitrogen and oxygen atoms in total. The number of Topliss-reactive ketones (excluding diaryl/α,β-unsaturated/α-hetero) is 1. The number of fused-ring (bicyclic) bond motifs is 1. The van der Waals surface area contributed by atoms with Crippen molar-refractivity contribution in [3.05, 3.63) is 101 Å². The quantitative estimate of drug-likeness (QED) is 0.345. The Labute approximate surface area is 199 Å². The summed E-state index contributed by atoms with van der Waals surface area (Å²) in [7, 11) is 1.32. The lowest BCUT2D eigenvalue weighted by atomic mass is 9.77. The van der Waals surface area contributed by atoms with Crippen LogP contribution in [0.4, 0.5) is 5.69 Å². The molecule has 4 rings (SSSR count). The molecule has 1 N–H and O–H groups in total. The van der Waals surface area contributed by atoms with Crippen molar-refractivity contribution in [1.82, 2.24) is 0 Å². The van der Waals surface area contributed by atoms with Crippen molar-refractivity contribution in [2.75, 3.05) is 25.6 Å². The third kappa shape index (κ3) is 4.60. The predicted octanol–water partition coefficient (Wildman–Crippen LogP) is 5.68. The zero-order chi connectivity index (χ0) is 24.1. The summed E-state index contributed by atoms with van der Waals surface area (Å²) in [5.74, 6) is -1.19. The first-order valence-corrected chi connectivity index (χ1v) is 11.5. The molecule has 1 aliphatic heterocycles. The van der Waals surface area contributed by atoms with Crippen LogP contribution >= 0.6 is 0 Å². The van der Waals surface area contributed by atoms with E-state index in [1.54, 1.807) is 12.1 Å². The minimum Gasteiger partial charge on any atom is -0.465 e. The lowest BCUT2D eigenvalue weighted by Crippen LogP contribution is -2.33. The van der Waals surface area contributed by atoms with Crippen LogP contribution in [0.15, 0.2) is 72.8 Å². The molecule has 3 aromatic rings. The fraction of sp³-hybridized carbons (Fsp3) is 0.286. The van der Waals surface area contributed by atoms with Crippen LogP contribution in [0.1, 0.15) is 69.5 Å². The Morgan fingerprint density at radius 3 is 2.26 bits per heavy atom. The maximum atomic E-state index is 14.0. The second kappa shape index (κ2) is 10.6. The number of ketones is 1. The molecule has 0 radical (unpaired) electrons. The van der Waals surface area contributed by atoms with Gasteiger partial charge >= 0.3 is 5.97 Å². The van der Waals surface area contributed by atoms with Gasteiger partial charge in [0.15, 0.2) is 12.1 Å². The summed E-state index contributed by atoms with van der Waals surface area (Å²) in [5.41, 5.74) is 3.92. The molecule has 0 fully saturated rings. The number of rotatable bonds is 8. The predicted molar refractivity (Wildman–Crippen MR) is 130 cm³/mol. The monoisotopic (exact) mass is 459 g/mol. The van der Waals surface area contributed by atoms with Crippen LogP contribution in [0.3, 0.4) is 0 Å².